The summed E-state index contributed by atoms with van der Waals surface area (Å²) in [6.07, 6.45) is 3.55. The fourth-order valence-corrected chi connectivity index (χ4v) is 4.46. The zero-order chi connectivity index (χ0) is 13.4. The molecule has 3 N–H and O–H groups in total. The predicted octanol–water partition coefficient (Wildman–Crippen LogP) is 2.59. The molecule has 3 rings (SSSR count). The first kappa shape index (κ1) is 12.9. The van der Waals surface area contributed by atoms with Crippen molar-refractivity contribution in [3.05, 3.63) is 17.0 Å². The molecule has 1 aromatic rings. The van der Waals surface area contributed by atoms with Crippen LogP contribution in [0, 0.1) is 24.7 Å². The fraction of sp³-hybridized carbons (Fsp3) is 0.643. The quantitative estimate of drug-likeness (QED) is 0.797. The van der Waals surface area contributed by atoms with Crippen LogP contribution in [0.3, 0.4) is 0 Å². The van der Waals surface area contributed by atoms with E-state index in [-0.39, 0.29) is 24.6 Å². The predicted molar refractivity (Wildman–Crippen MR) is 76.4 cm³/mol. The lowest BCUT2D eigenvalue weighted by Crippen LogP contribution is -2.46. The molecule has 2 fully saturated rings. The molecule has 0 aromatic carbocycles. The number of aryl methyl sites for hydroxylation is 1. The van der Waals surface area contributed by atoms with E-state index in [0.717, 1.165) is 11.4 Å². The van der Waals surface area contributed by atoms with Crippen LogP contribution in [0.15, 0.2) is 12.1 Å². The largest absolute Gasteiger partial charge is 0.396 e. The maximum atomic E-state index is 12.0. The van der Waals surface area contributed by atoms with E-state index in [0.29, 0.717) is 11.8 Å². The molecule has 1 heterocycles. The standard InChI is InChI=1S/C14H20N2O2S/c1-8-2-5-12(19-8)15-14(18)16-13-10-4-3-9(6-10)11(13)7-17/h2,5,9-11,13,17H,3-4,6-7H2,1H3,(H2,15,16,18)/t9-,10-,11-,13+/m0/s1. The molecule has 2 amide bonds. The molecule has 2 aliphatic rings. The van der Waals surface area contributed by atoms with Gasteiger partial charge in [-0.3, -0.25) is 5.32 Å². The number of aliphatic hydroxyl groups is 1. The second-order valence-electron chi connectivity index (χ2n) is 5.71. The van der Waals surface area contributed by atoms with E-state index in [1.54, 1.807) is 11.3 Å². The second kappa shape index (κ2) is 5.13. The Kier molecular flexibility index (Phi) is 3.50. The maximum absolute atomic E-state index is 12.0. The summed E-state index contributed by atoms with van der Waals surface area (Å²) >= 11 is 1.57. The summed E-state index contributed by atoms with van der Waals surface area (Å²) in [7, 11) is 0. The molecule has 0 aliphatic heterocycles. The summed E-state index contributed by atoms with van der Waals surface area (Å²) in [5.41, 5.74) is 0. The fourth-order valence-electron chi connectivity index (χ4n) is 3.70. The average molecular weight is 280 g/mol. The smallest absolute Gasteiger partial charge is 0.320 e. The van der Waals surface area contributed by atoms with Gasteiger partial charge in [0.2, 0.25) is 0 Å². The number of nitrogens with one attached hydrogen (secondary N) is 2. The SMILES string of the molecule is Cc1ccc(NC(=O)N[C@@H]2[C@H]3CC[C@@H](C3)[C@@H]2CO)s1. The van der Waals surface area contributed by atoms with Crippen LogP contribution in [0.4, 0.5) is 9.80 Å². The molecule has 1 aromatic heterocycles. The summed E-state index contributed by atoms with van der Waals surface area (Å²) < 4.78 is 0. The van der Waals surface area contributed by atoms with Crippen LogP contribution in [0.2, 0.25) is 0 Å². The number of urea groups is 1. The first-order valence-corrected chi connectivity index (χ1v) is 7.74. The Labute approximate surface area is 117 Å². The number of carbonyl (C=O) groups is 1. The van der Waals surface area contributed by atoms with Gasteiger partial charge in [-0.2, -0.15) is 0 Å². The number of carbonyl (C=O) groups excluding carboxylic acids is 1. The first-order chi connectivity index (χ1) is 9.17. The summed E-state index contributed by atoms with van der Waals surface area (Å²) in [6, 6.07) is 3.92. The Morgan fingerprint density at radius 3 is 2.89 bits per heavy atom. The van der Waals surface area contributed by atoms with Crippen molar-refractivity contribution in [2.45, 2.75) is 32.2 Å². The average Bonchev–Trinajstić information content (AvgIpc) is 3.05. The number of aliphatic hydroxyl groups excluding tert-OH is 1. The van der Waals surface area contributed by atoms with E-state index < -0.39 is 0 Å². The Morgan fingerprint density at radius 1 is 1.42 bits per heavy atom. The molecule has 2 aliphatic carbocycles. The van der Waals surface area contributed by atoms with Gasteiger partial charge in [-0.15, -0.1) is 11.3 Å². The molecule has 4 nitrogen and oxygen atoms in total. The molecule has 4 atom stereocenters. The van der Waals surface area contributed by atoms with Gasteiger partial charge in [-0.25, -0.2) is 4.79 Å². The number of amides is 2. The van der Waals surface area contributed by atoms with Crippen LogP contribution in [0.1, 0.15) is 24.1 Å². The molecule has 0 radical (unpaired) electrons. The van der Waals surface area contributed by atoms with Crippen molar-refractivity contribution in [3.8, 4) is 0 Å². The van der Waals surface area contributed by atoms with Crippen LogP contribution < -0.4 is 10.6 Å². The van der Waals surface area contributed by atoms with E-state index in [1.165, 1.54) is 17.7 Å². The lowest BCUT2D eigenvalue weighted by molar-refractivity contribution is 0.146. The summed E-state index contributed by atoms with van der Waals surface area (Å²) in [5.74, 6) is 1.40. The van der Waals surface area contributed by atoms with E-state index in [2.05, 4.69) is 10.6 Å². The lowest BCUT2D eigenvalue weighted by Gasteiger charge is -2.30. The summed E-state index contributed by atoms with van der Waals surface area (Å²) in [5, 5.41) is 16.3. The molecule has 104 valence electrons. The van der Waals surface area contributed by atoms with Gasteiger partial charge >= 0.3 is 6.03 Å². The number of rotatable bonds is 3. The number of thiophene rings is 1. The molecular weight excluding hydrogens is 260 g/mol. The zero-order valence-corrected chi connectivity index (χ0v) is 11.9. The third-order valence-corrected chi connectivity index (χ3v) is 5.49. The highest BCUT2D eigenvalue weighted by atomic mass is 32.1. The minimum Gasteiger partial charge on any atom is -0.396 e. The Bertz CT molecular complexity index is 474. The molecule has 0 saturated heterocycles. The molecule has 0 spiro atoms. The van der Waals surface area contributed by atoms with Gasteiger partial charge in [0.1, 0.15) is 0 Å². The van der Waals surface area contributed by atoms with Gasteiger partial charge in [0, 0.05) is 23.4 Å². The Balaban J connectivity index is 1.60. The van der Waals surface area contributed by atoms with Gasteiger partial charge in [0.25, 0.3) is 0 Å². The number of fused-ring (bicyclic) bond motifs is 2. The lowest BCUT2D eigenvalue weighted by atomic mass is 9.85. The van der Waals surface area contributed by atoms with Crippen molar-refractivity contribution in [1.29, 1.82) is 0 Å². The minimum absolute atomic E-state index is 0.141. The van der Waals surface area contributed by atoms with Crippen LogP contribution >= 0.6 is 11.3 Å². The van der Waals surface area contributed by atoms with Crippen molar-refractivity contribution < 1.29 is 9.90 Å². The number of anilines is 1. The van der Waals surface area contributed by atoms with E-state index in [1.807, 2.05) is 19.1 Å². The van der Waals surface area contributed by atoms with Crippen LogP contribution in [0.25, 0.3) is 0 Å². The monoisotopic (exact) mass is 280 g/mol. The zero-order valence-electron chi connectivity index (χ0n) is 11.1. The molecular formula is C14H20N2O2S. The minimum atomic E-state index is -0.141. The third-order valence-electron chi connectivity index (χ3n) is 4.57. The number of hydrogen-bond acceptors (Lipinski definition) is 3. The number of hydrogen-bond donors (Lipinski definition) is 3. The topological polar surface area (TPSA) is 61.4 Å². The van der Waals surface area contributed by atoms with Crippen LogP contribution in [-0.4, -0.2) is 23.8 Å². The highest BCUT2D eigenvalue weighted by Crippen LogP contribution is 2.48. The second-order valence-corrected chi connectivity index (χ2v) is 7.00. The van der Waals surface area contributed by atoms with Crippen molar-refractivity contribution >= 4 is 22.4 Å². The normalized spacial score (nSPS) is 32.5. The van der Waals surface area contributed by atoms with Crippen molar-refractivity contribution in [3.63, 3.8) is 0 Å². The van der Waals surface area contributed by atoms with Crippen LogP contribution in [-0.2, 0) is 0 Å². The Morgan fingerprint density at radius 2 is 2.21 bits per heavy atom. The maximum Gasteiger partial charge on any atom is 0.320 e. The summed E-state index contributed by atoms with van der Waals surface area (Å²) in [4.78, 5) is 13.2. The molecule has 2 saturated carbocycles. The highest BCUT2D eigenvalue weighted by molar-refractivity contribution is 7.16. The van der Waals surface area contributed by atoms with Gasteiger partial charge in [-0.05, 0) is 50.2 Å². The molecule has 2 bridgehead atoms. The molecule has 0 unspecified atom stereocenters. The Hall–Kier alpha value is -1.07. The van der Waals surface area contributed by atoms with E-state index in [9.17, 15) is 9.90 Å². The highest BCUT2D eigenvalue weighted by Gasteiger charge is 2.47. The van der Waals surface area contributed by atoms with Crippen molar-refractivity contribution in [2.75, 3.05) is 11.9 Å². The molecule has 19 heavy (non-hydrogen) atoms. The van der Waals surface area contributed by atoms with Crippen molar-refractivity contribution in [1.82, 2.24) is 5.32 Å². The van der Waals surface area contributed by atoms with Crippen molar-refractivity contribution in [2.24, 2.45) is 17.8 Å². The van der Waals surface area contributed by atoms with E-state index in [4.69, 9.17) is 0 Å². The third kappa shape index (κ3) is 2.49. The van der Waals surface area contributed by atoms with Gasteiger partial charge in [0.15, 0.2) is 0 Å². The van der Waals surface area contributed by atoms with Gasteiger partial charge in [-0.1, -0.05) is 0 Å². The molecule has 5 heteroatoms. The summed E-state index contributed by atoms with van der Waals surface area (Å²) in [6.45, 7) is 2.20. The van der Waals surface area contributed by atoms with Gasteiger partial charge < -0.3 is 10.4 Å². The van der Waals surface area contributed by atoms with E-state index >= 15 is 0 Å². The first-order valence-electron chi connectivity index (χ1n) is 6.92. The van der Waals surface area contributed by atoms with Gasteiger partial charge in [0.05, 0.1) is 5.00 Å². The van der Waals surface area contributed by atoms with Crippen LogP contribution in [0.5, 0.6) is 0 Å².